The summed E-state index contributed by atoms with van der Waals surface area (Å²) in [5.74, 6) is -0.734. The Labute approximate surface area is 164 Å². The van der Waals surface area contributed by atoms with Crippen LogP contribution in [-0.4, -0.2) is 54.3 Å². The lowest BCUT2D eigenvalue weighted by molar-refractivity contribution is -0.139. The lowest BCUT2D eigenvalue weighted by atomic mass is 10.1. The molecular weight excluding hydrogens is 358 g/mol. The van der Waals surface area contributed by atoms with Crippen LogP contribution in [0.2, 0.25) is 0 Å². The minimum Gasteiger partial charge on any atom is -0.482 e. The normalized spacial score (nSPS) is 14.6. The van der Waals surface area contributed by atoms with E-state index in [1.807, 2.05) is 23.1 Å². The molecule has 1 amide bonds. The van der Waals surface area contributed by atoms with E-state index in [4.69, 9.17) is 14.6 Å². The highest BCUT2D eigenvalue weighted by Gasteiger charge is 2.24. The number of hydrogen-bond acceptors (Lipinski definition) is 4. The van der Waals surface area contributed by atoms with E-state index >= 15 is 0 Å². The summed E-state index contributed by atoms with van der Waals surface area (Å²) in [4.78, 5) is 25.1. The number of hydrogen-bond donors (Lipinski definition) is 1. The number of aliphatic carboxylic acids is 1. The number of carbonyl (C=O) groups is 2. The number of nitrogens with zero attached hydrogens (tertiary/aromatic N) is 1. The van der Waals surface area contributed by atoms with Crippen LogP contribution in [0.25, 0.3) is 0 Å². The van der Waals surface area contributed by atoms with Gasteiger partial charge in [0, 0.05) is 18.7 Å². The van der Waals surface area contributed by atoms with Crippen molar-refractivity contribution in [3.8, 4) is 5.75 Å². The van der Waals surface area contributed by atoms with E-state index in [0.717, 1.165) is 19.3 Å². The second kappa shape index (κ2) is 9.90. The Kier molecular flexibility index (Phi) is 7.03. The number of ether oxygens (including phenoxy) is 2. The van der Waals surface area contributed by atoms with Crippen LogP contribution >= 0.6 is 0 Å². The number of piperidine rings is 1. The Hall–Kier alpha value is -2.86. The number of amides is 1. The van der Waals surface area contributed by atoms with Gasteiger partial charge in [-0.1, -0.05) is 36.4 Å². The van der Waals surface area contributed by atoms with E-state index < -0.39 is 12.6 Å². The van der Waals surface area contributed by atoms with Crippen LogP contribution in [0.1, 0.15) is 28.8 Å². The van der Waals surface area contributed by atoms with Crippen LogP contribution in [0.15, 0.2) is 54.6 Å². The van der Waals surface area contributed by atoms with Gasteiger partial charge in [0.1, 0.15) is 5.75 Å². The summed E-state index contributed by atoms with van der Waals surface area (Å²) in [7, 11) is 0. The van der Waals surface area contributed by atoms with Crippen LogP contribution in [0.4, 0.5) is 0 Å². The first-order valence-corrected chi connectivity index (χ1v) is 9.51. The fourth-order valence-electron chi connectivity index (χ4n) is 3.26. The van der Waals surface area contributed by atoms with Crippen molar-refractivity contribution in [1.29, 1.82) is 0 Å². The highest BCUT2D eigenvalue weighted by Crippen LogP contribution is 2.19. The molecule has 2 aromatic carbocycles. The SMILES string of the molecule is O=C(O)COc1cccc(C(=O)N2CCC(OCCc3ccccc3)CC2)c1. The van der Waals surface area contributed by atoms with Crippen molar-refractivity contribution >= 4 is 11.9 Å². The van der Waals surface area contributed by atoms with Crippen LogP contribution in [0.5, 0.6) is 5.75 Å². The van der Waals surface area contributed by atoms with Gasteiger partial charge in [-0.2, -0.15) is 0 Å². The summed E-state index contributed by atoms with van der Waals surface area (Å²) in [6.07, 6.45) is 2.70. The fourth-order valence-corrected chi connectivity index (χ4v) is 3.26. The largest absolute Gasteiger partial charge is 0.482 e. The van der Waals surface area contributed by atoms with Crippen LogP contribution in [0, 0.1) is 0 Å². The number of likely N-dealkylation sites (tertiary alicyclic amines) is 1. The lowest BCUT2D eigenvalue weighted by Crippen LogP contribution is -2.41. The minimum atomic E-state index is -1.05. The zero-order chi connectivity index (χ0) is 19.8. The molecular formula is C22H25NO5. The first-order valence-electron chi connectivity index (χ1n) is 9.51. The Morgan fingerprint density at radius 3 is 2.50 bits per heavy atom. The molecule has 0 spiro atoms. The van der Waals surface area contributed by atoms with E-state index in [1.165, 1.54) is 5.56 Å². The first-order chi connectivity index (χ1) is 13.6. The Morgan fingerprint density at radius 1 is 1.04 bits per heavy atom. The summed E-state index contributed by atoms with van der Waals surface area (Å²) < 4.78 is 11.1. The summed E-state index contributed by atoms with van der Waals surface area (Å²) in [6, 6.07) is 16.9. The third kappa shape index (κ3) is 5.82. The maximum absolute atomic E-state index is 12.7. The number of benzene rings is 2. The summed E-state index contributed by atoms with van der Waals surface area (Å²) >= 11 is 0. The van der Waals surface area contributed by atoms with Crippen molar-refractivity contribution in [2.75, 3.05) is 26.3 Å². The molecule has 6 nitrogen and oxygen atoms in total. The maximum atomic E-state index is 12.7. The number of carbonyl (C=O) groups excluding carboxylic acids is 1. The van der Waals surface area contributed by atoms with Gasteiger partial charge in [-0.3, -0.25) is 4.79 Å². The van der Waals surface area contributed by atoms with E-state index in [-0.39, 0.29) is 12.0 Å². The lowest BCUT2D eigenvalue weighted by Gasteiger charge is -2.32. The second-order valence-electron chi connectivity index (χ2n) is 6.81. The Morgan fingerprint density at radius 2 is 1.79 bits per heavy atom. The van der Waals surface area contributed by atoms with Gasteiger partial charge in [-0.05, 0) is 43.0 Å². The van der Waals surface area contributed by atoms with Gasteiger partial charge >= 0.3 is 5.97 Å². The number of carboxylic acid groups (broad SMARTS) is 1. The van der Waals surface area contributed by atoms with Crippen molar-refractivity contribution in [3.05, 3.63) is 65.7 Å². The molecule has 1 saturated heterocycles. The Balaban J connectivity index is 1.44. The van der Waals surface area contributed by atoms with E-state index in [0.29, 0.717) is 31.0 Å². The molecule has 0 unspecified atom stereocenters. The molecule has 28 heavy (non-hydrogen) atoms. The minimum absolute atomic E-state index is 0.0662. The number of carboxylic acids is 1. The van der Waals surface area contributed by atoms with Gasteiger partial charge in [0.25, 0.3) is 5.91 Å². The van der Waals surface area contributed by atoms with Gasteiger partial charge in [0.15, 0.2) is 6.61 Å². The maximum Gasteiger partial charge on any atom is 0.341 e. The van der Waals surface area contributed by atoms with Gasteiger partial charge in [0.05, 0.1) is 12.7 Å². The van der Waals surface area contributed by atoms with E-state index in [9.17, 15) is 9.59 Å². The molecule has 0 atom stereocenters. The highest BCUT2D eigenvalue weighted by molar-refractivity contribution is 5.94. The molecule has 148 valence electrons. The van der Waals surface area contributed by atoms with Gasteiger partial charge in [0.2, 0.25) is 0 Å². The van der Waals surface area contributed by atoms with Crippen molar-refractivity contribution in [3.63, 3.8) is 0 Å². The molecule has 1 aliphatic rings. The molecule has 0 aromatic heterocycles. The highest BCUT2D eigenvalue weighted by atomic mass is 16.5. The fraction of sp³-hybridized carbons (Fsp3) is 0.364. The predicted molar refractivity (Wildman–Crippen MR) is 105 cm³/mol. The number of rotatable bonds is 8. The second-order valence-corrected chi connectivity index (χ2v) is 6.81. The van der Waals surface area contributed by atoms with Crippen molar-refractivity contribution in [1.82, 2.24) is 4.90 Å². The summed E-state index contributed by atoms with van der Waals surface area (Å²) in [5.41, 5.74) is 1.77. The molecule has 0 radical (unpaired) electrons. The smallest absolute Gasteiger partial charge is 0.341 e. The Bertz CT molecular complexity index is 785. The molecule has 1 N–H and O–H groups in total. The zero-order valence-electron chi connectivity index (χ0n) is 15.8. The molecule has 0 bridgehead atoms. The molecule has 0 saturated carbocycles. The van der Waals surface area contributed by atoms with E-state index in [2.05, 4.69) is 12.1 Å². The average molecular weight is 383 g/mol. The molecule has 6 heteroatoms. The van der Waals surface area contributed by atoms with Gasteiger partial charge in [-0.25, -0.2) is 4.79 Å². The van der Waals surface area contributed by atoms with Crippen molar-refractivity contribution in [2.24, 2.45) is 0 Å². The molecule has 3 rings (SSSR count). The van der Waals surface area contributed by atoms with Crippen molar-refractivity contribution < 1.29 is 24.2 Å². The summed E-state index contributed by atoms with van der Waals surface area (Å²) in [5, 5.41) is 8.70. The molecule has 2 aromatic rings. The van der Waals surface area contributed by atoms with Crippen LogP contribution < -0.4 is 4.74 Å². The van der Waals surface area contributed by atoms with Crippen LogP contribution in [0.3, 0.4) is 0 Å². The van der Waals surface area contributed by atoms with E-state index in [1.54, 1.807) is 24.3 Å². The van der Waals surface area contributed by atoms with Crippen LogP contribution in [-0.2, 0) is 16.0 Å². The quantitative estimate of drug-likeness (QED) is 0.758. The predicted octanol–water partition coefficient (Wildman–Crippen LogP) is 3.01. The topological polar surface area (TPSA) is 76.1 Å². The third-order valence-electron chi connectivity index (χ3n) is 4.76. The monoisotopic (exact) mass is 383 g/mol. The van der Waals surface area contributed by atoms with Gasteiger partial charge < -0.3 is 19.5 Å². The zero-order valence-corrected chi connectivity index (χ0v) is 15.8. The standard InChI is InChI=1S/C22H25NO5/c24-21(25)16-28-20-8-4-7-18(15-20)22(26)23-12-9-19(10-13-23)27-14-11-17-5-2-1-3-6-17/h1-8,15,19H,9-14,16H2,(H,24,25). The summed E-state index contributed by atoms with van der Waals surface area (Å²) in [6.45, 7) is 1.55. The third-order valence-corrected chi connectivity index (χ3v) is 4.76. The molecule has 1 fully saturated rings. The van der Waals surface area contributed by atoms with Crippen molar-refractivity contribution in [2.45, 2.75) is 25.4 Å². The van der Waals surface area contributed by atoms with Gasteiger partial charge in [-0.15, -0.1) is 0 Å². The first kappa shape index (κ1) is 19.9. The molecule has 0 aliphatic carbocycles. The molecule has 1 heterocycles. The average Bonchev–Trinajstić information content (AvgIpc) is 2.73. The molecule has 1 aliphatic heterocycles.